The molecule has 2 fully saturated rings. The first-order valence-corrected chi connectivity index (χ1v) is 13.7. The first-order chi connectivity index (χ1) is 14.6. The van der Waals surface area contributed by atoms with E-state index in [2.05, 4.69) is 24.8 Å². The van der Waals surface area contributed by atoms with Crippen LogP contribution in [0.15, 0.2) is 12.1 Å². The van der Waals surface area contributed by atoms with Crippen molar-refractivity contribution in [3.63, 3.8) is 0 Å². The second kappa shape index (κ2) is 10.2. The highest BCUT2D eigenvalue weighted by atomic mass is 32.2. The minimum Gasteiger partial charge on any atom is -0.372 e. The molecule has 1 heterocycles. The van der Waals surface area contributed by atoms with E-state index in [0.717, 1.165) is 68.4 Å². The molecule has 0 N–H and O–H groups in total. The number of benzene rings is 1. The fraction of sp³-hybridized carbons (Fsp3) is 0.760. The normalized spacial score (nSPS) is 27.6. The van der Waals surface area contributed by atoms with Gasteiger partial charge in [-0.25, -0.2) is 12.8 Å². The Morgan fingerprint density at radius 2 is 1.65 bits per heavy atom. The lowest BCUT2D eigenvalue weighted by atomic mass is 9.80. The summed E-state index contributed by atoms with van der Waals surface area (Å²) < 4.78 is 45.4. The zero-order valence-corrected chi connectivity index (χ0v) is 20.7. The van der Waals surface area contributed by atoms with Crippen LogP contribution in [-0.2, 0) is 21.0 Å². The summed E-state index contributed by atoms with van der Waals surface area (Å²) in [5.74, 6) is 1.12. The van der Waals surface area contributed by atoms with E-state index < -0.39 is 9.84 Å². The lowest BCUT2D eigenvalue weighted by molar-refractivity contribution is -0.00526. The Hall–Kier alpha value is -1.14. The summed E-state index contributed by atoms with van der Waals surface area (Å²) in [5, 5.41) is -0.289. The maximum Gasteiger partial charge on any atom is 0.152 e. The number of aryl methyl sites for hydroxylation is 1. The number of rotatable bonds is 7. The van der Waals surface area contributed by atoms with Crippen LogP contribution in [0.2, 0.25) is 0 Å². The minimum absolute atomic E-state index is 0.0685. The molecular formula is C25H40FNO3S. The first kappa shape index (κ1) is 24.5. The van der Waals surface area contributed by atoms with E-state index in [0.29, 0.717) is 17.6 Å². The molecule has 2 aliphatic rings. The van der Waals surface area contributed by atoms with Crippen molar-refractivity contribution < 1.29 is 17.5 Å². The molecule has 1 aromatic carbocycles. The molecule has 4 nitrogen and oxygen atoms in total. The first-order valence-electron chi connectivity index (χ1n) is 12.0. The second-order valence-corrected chi connectivity index (χ2v) is 12.8. The van der Waals surface area contributed by atoms with Gasteiger partial charge in [0.25, 0.3) is 0 Å². The van der Waals surface area contributed by atoms with Crippen LogP contribution in [0.3, 0.4) is 0 Å². The highest BCUT2D eigenvalue weighted by molar-refractivity contribution is 7.91. The van der Waals surface area contributed by atoms with Gasteiger partial charge in [-0.2, -0.15) is 0 Å². The summed E-state index contributed by atoms with van der Waals surface area (Å²) in [7, 11) is -2.96. The molecule has 1 aromatic rings. The molecule has 0 radical (unpaired) electrons. The van der Waals surface area contributed by atoms with Gasteiger partial charge in [0.2, 0.25) is 0 Å². The number of ether oxygens (including phenoxy) is 1. The average Bonchev–Trinajstić information content (AvgIpc) is 2.69. The number of halogens is 1. The van der Waals surface area contributed by atoms with Gasteiger partial charge < -0.3 is 9.64 Å². The minimum atomic E-state index is -2.96. The van der Waals surface area contributed by atoms with Crippen molar-refractivity contribution in [3.8, 4) is 0 Å². The molecule has 3 rings (SSSR count). The molecule has 0 bridgehead atoms. The summed E-state index contributed by atoms with van der Waals surface area (Å²) in [6.07, 6.45) is 6.09. The Kier molecular flexibility index (Phi) is 8.06. The molecular weight excluding hydrogens is 413 g/mol. The van der Waals surface area contributed by atoms with E-state index in [1.807, 2.05) is 13.0 Å². The van der Waals surface area contributed by atoms with Gasteiger partial charge in [-0.05, 0) is 83.8 Å². The summed E-state index contributed by atoms with van der Waals surface area (Å²) in [5.41, 5.74) is 2.52. The van der Waals surface area contributed by atoms with Gasteiger partial charge in [-0.15, -0.1) is 0 Å². The quantitative estimate of drug-likeness (QED) is 0.561. The molecule has 31 heavy (non-hydrogen) atoms. The smallest absolute Gasteiger partial charge is 0.152 e. The van der Waals surface area contributed by atoms with Crippen LogP contribution in [0, 0.1) is 24.6 Å². The standard InChI is InChI=1S/C25H40FNO3S/c1-17(2)31(28,29)16-22-8-6-21(7-9-22)10-11-23-12-13-24(20(5)25(23)26)27-14-18(3)30-19(4)15-27/h12-13,17-19,21-22H,6-11,14-16H2,1-5H3/t18-,19+,21?,22?. The predicted octanol–water partition coefficient (Wildman–Crippen LogP) is 5.31. The maximum atomic E-state index is 15.2. The zero-order valence-electron chi connectivity index (χ0n) is 19.9. The van der Waals surface area contributed by atoms with E-state index in [4.69, 9.17) is 4.74 Å². The lowest BCUT2D eigenvalue weighted by Crippen LogP contribution is -2.45. The number of morpholine rings is 1. The topological polar surface area (TPSA) is 46.6 Å². The highest BCUT2D eigenvalue weighted by Gasteiger charge is 2.28. The monoisotopic (exact) mass is 453 g/mol. The van der Waals surface area contributed by atoms with Crippen LogP contribution in [0.25, 0.3) is 0 Å². The van der Waals surface area contributed by atoms with Gasteiger partial charge in [0.1, 0.15) is 5.82 Å². The molecule has 0 amide bonds. The van der Waals surface area contributed by atoms with Crippen LogP contribution in [0.1, 0.15) is 70.9 Å². The number of sulfone groups is 1. The van der Waals surface area contributed by atoms with Crippen LogP contribution in [0.5, 0.6) is 0 Å². The van der Waals surface area contributed by atoms with Gasteiger partial charge in [0.05, 0.1) is 23.2 Å². The summed E-state index contributed by atoms with van der Waals surface area (Å²) >= 11 is 0. The molecule has 1 saturated heterocycles. The molecule has 6 heteroatoms. The molecule has 1 aliphatic heterocycles. The van der Waals surface area contributed by atoms with Crippen molar-refractivity contribution in [2.24, 2.45) is 11.8 Å². The molecule has 2 atom stereocenters. The summed E-state index contributed by atoms with van der Waals surface area (Å²) in [4.78, 5) is 2.24. The summed E-state index contributed by atoms with van der Waals surface area (Å²) in [6, 6.07) is 4.04. The van der Waals surface area contributed by atoms with Gasteiger partial charge >= 0.3 is 0 Å². The zero-order chi connectivity index (χ0) is 22.8. The molecule has 176 valence electrons. The number of hydrogen-bond acceptors (Lipinski definition) is 4. The van der Waals surface area contributed by atoms with Crippen molar-refractivity contribution in [2.45, 2.75) is 90.6 Å². The third-order valence-electron chi connectivity index (χ3n) is 7.17. The molecule has 1 aliphatic carbocycles. The van der Waals surface area contributed by atoms with Crippen molar-refractivity contribution in [2.75, 3.05) is 23.7 Å². The Balaban J connectivity index is 1.54. The van der Waals surface area contributed by atoms with Crippen molar-refractivity contribution in [1.82, 2.24) is 0 Å². The van der Waals surface area contributed by atoms with Crippen LogP contribution in [0.4, 0.5) is 10.1 Å². The third-order valence-corrected chi connectivity index (χ3v) is 9.55. The number of nitrogens with zero attached hydrogens (tertiary/aromatic N) is 1. The van der Waals surface area contributed by atoms with Gasteiger partial charge in [-0.1, -0.05) is 18.9 Å². The van der Waals surface area contributed by atoms with Crippen LogP contribution < -0.4 is 4.90 Å². The van der Waals surface area contributed by atoms with E-state index >= 15 is 4.39 Å². The van der Waals surface area contributed by atoms with E-state index in [9.17, 15) is 8.42 Å². The van der Waals surface area contributed by atoms with Gasteiger partial charge in [-0.3, -0.25) is 0 Å². The molecule has 0 spiro atoms. The highest BCUT2D eigenvalue weighted by Crippen LogP contribution is 2.34. The predicted molar refractivity (Wildman–Crippen MR) is 126 cm³/mol. The van der Waals surface area contributed by atoms with Gasteiger partial charge in [0, 0.05) is 24.3 Å². The Bertz CT molecular complexity index is 837. The molecule has 0 unspecified atom stereocenters. The fourth-order valence-corrected chi connectivity index (χ4v) is 6.58. The van der Waals surface area contributed by atoms with Crippen LogP contribution in [-0.4, -0.2) is 44.7 Å². The van der Waals surface area contributed by atoms with Crippen molar-refractivity contribution >= 4 is 15.5 Å². The van der Waals surface area contributed by atoms with Crippen molar-refractivity contribution in [3.05, 3.63) is 29.1 Å². The van der Waals surface area contributed by atoms with E-state index in [1.165, 1.54) is 0 Å². The SMILES string of the molecule is Cc1c(N2C[C@@H](C)O[C@@H](C)C2)ccc(CCC2CCC(CS(=O)(=O)C(C)C)CC2)c1F. The van der Waals surface area contributed by atoms with Crippen molar-refractivity contribution in [1.29, 1.82) is 0 Å². The van der Waals surface area contributed by atoms with Gasteiger partial charge in [0.15, 0.2) is 9.84 Å². The van der Waals surface area contributed by atoms with E-state index in [-0.39, 0.29) is 23.3 Å². The van der Waals surface area contributed by atoms with E-state index in [1.54, 1.807) is 13.8 Å². The number of anilines is 1. The molecule has 0 aromatic heterocycles. The Morgan fingerprint density at radius 1 is 1.06 bits per heavy atom. The summed E-state index contributed by atoms with van der Waals surface area (Å²) in [6.45, 7) is 11.1. The maximum absolute atomic E-state index is 15.2. The largest absolute Gasteiger partial charge is 0.372 e. The second-order valence-electron chi connectivity index (χ2n) is 10.1. The number of hydrogen-bond donors (Lipinski definition) is 0. The Morgan fingerprint density at radius 3 is 2.23 bits per heavy atom. The average molecular weight is 454 g/mol. The van der Waals surface area contributed by atoms with Crippen LogP contribution >= 0.6 is 0 Å². The lowest BCUT2D eigenvalue weighted by Gasteiger charge is -2.37. The fourth-order valence-electron chi connectivity index (χ4n) is 5.21. The third kappa shape index (κ3) is 6.22. The Labute approximate surface area is 188 Å². The molecule has 1 saturated carbocycles.